The van der Waals surface area contributed by atoms with E-state index in [1.54, 1.807) is 23.1 Å². The number of rotatable bonds is 2. The van der Waals surface area contributed by atoms with E-state index in [1.807, 2.05) is 31.2 Å². The van der Waals surface area contributed by atoms with Crippen molar-refractivity contribution in [1.82, 2.24) is 4.90 Å². The highest BCUT2D eigenvalue weighted by molar-refractivity contribution is 6.42. The van der Waals surface area contributed by atoms with Crippen LogP contribution in [0.4, 0.5) is 10.5 Å². The van der Waals surface area contributed by atoms with Crippen molar-refractivity contribution in [3.8, 4) is 0 Å². The Kier molecular flexibility index (Phi) is 5.29. The van der Waals surface area contributed by atoms with Gasteiger partial charge in [0.2, 0.25) is 0 Å². The summed E-state index contributed by atoms with van der Waals surface area (Å²) in [6, 6.07) is 13.0. The van der Waals surface area contributed by atoms with Gasteiger partial charge >= 0.3 is 6.03 Å². The molecular formula is C18H18Cl2N2O2. The number of nitrogens with one attached hydrogen (secondary N) is 1. The van der Waals surface area contributed by atoms with E-state index >= 15 is 0 Å². The van der Waals surface area contributed by atoms with Gasteiger partial charge in [0.25, 0.3) is 0 Å². The molecule has 1 N–H and O–H groups in total. The number of hydrogen-bond acceptors (Lipinski definition) is 2. The molecule has 126 valence electrons. The van der Waals surface area contributed by atoms with Gasteiger partial charge in [-0.15, -0.1) is 0 Å². The quantitative estimate of drug-likeness (QED) is 0.822. The van der Waals surface area contributed by atoms with Crippen molar-refractivity contribution in [2.45, 2.75) is 13.0 Å². The Balaban J connectivity index is 1.66. The summed E-state index contributed by atoms with van der Waals surface area (Å²) in [6.45, 7) is 3.61. The average molecular weight is 365 g/mol. The zero-order chi connectivity index (χ0) is 17.1. The molecular weight excluding hydrogens is 347 g/mol. The maximum absolute atomic E-state index is 12.5. The number of nitrogens with zero attached hydrogens (tertiary/aromatic N) is 1. The van der Waals surface area contributed by atoms with Gasteiger partial charge in [0, 0.05) is 12.2 Å². The Bertz CT molecular complexity index is 734. The van der Waals surface area contributed by atoms with Crippen LogP contribution in [0.5, 0.6) is 0 Å². The van der Waals surface area contributed by atoms with E-state index in [0.29, 0.717) is 35.4 Å². The standard InChI is InChI=1S/C18H18Cl2N2O2/c1-12-2-4-13(5-3-12)17-11-22(8-9-24-17)18(23)21-14-6-7-15(19)16(20)10-14/h2-7,10,17H,8-9,11H2,1H3,(H,21,23). The molecule has 0 aliphatic carbocycles. The summed E-state index contributed by atoms with van der Waals surface area (Å²) in [5.74, 6) is 0. The molecule has 2 amide bonds. The summed E-state index contributed by atoms with van der Waals surface area (Å²) < 4.78 is 5.81. The first kappa shape index (κ1) is 17.1. The number of carbonyl (C=O) groups excluding carboxylic acids is 1. The Morgan fingerprint density at radius 1 is 1.17 bits per heavy atom. The van der Waals surface area contributed by atoms with E-state index in [9.17, 15) is 4.79 Å². The number of aryl methyl sites for hydroxylation is 1. The minimum Gasteiger partial charge on any atom is -0.370 e. The number of benzene rings is 2. The second-order valence-electron chi connectivity index (χ2n) is 5.78. The van der Waals surface area contributed by atoms with Gasteiger partial charge in [0.15, 0.2) is 0 Å². The average Bonchev–Trinajstić information content (AvgIpc) is 2.59. The molecule has 24 heavy (non-hydrogen) atoms. The Hall–Kier alpha value is -1.75. The first-order valence-electron chi connectivity index (χ1n) is 7.72. The maximum Gasteiger partial charge on any atom is 0.322 e. The van der Waals surface area contributed by atoms with Crippen molar-refractivity contribution in [3.05, 3.63) is 63.6 Å². The van der Waals surface area contributed by atoms with Crippen LogP contribution in [0.15, 0.2) is 42.5 Å². The molecule has 0 aromatic heterocycles. The third kappa shape index (κ3) is 4.01. The molecule has 0 saturated carbocycles. The lowest BCUT2D eigenvalue weighted by molar-refractivity contribution is -0.0135. The van der Waals surface area contributed by atoms with Gasteiger partial charge in [-0.25, -0.2) is 4.79 Å². The molecule has 2 aromatic carbocycles. The first-order chi connectivity index (χ1) is 11.5. The highest BCUT2D eigenvalue weighted by Crippen LogP contribution is 2.26. The van der Waals surface area contributed by atoms with Crippen LogP contribution in [0.25, 0.3) is 0 Å². The minimum absolute atomic E-state index is 0.112. The van der Waals surface area contributed by atoms with Crippen LogP contribution in [0.2, 0.25) is 10.0 Å². The van der Waals surface area contributed by atoms with Crippen molar-refractivity contribution in [3.63, 3.8) is 0 Å². The molecule has 1 aliphatic rings. The van der Waals surface area contributed by atoms with Crippen LogP contribution in [0.1, 0.15) is 17.2 Å². The summed E-state index contributed by atoms with van der Waals surface area (Å²) in [5, 5.41) is 3.72. The number of urea groups is 1. The van der Waals surface area contributed by atoms with Gasteiger partial charge in [-0.05, 0) is 30.7 Å². The molecule has 1 saturated heterocycles. The number of amides is 2. The van der Waals surface area contributed by atoms with Gasteiger partial charge in [-0.3, -0.25) is 0 Å². The molecule has 3 rings (SSSR count). The van der Waals surface area contributed by atoms with Crippen LogP contribution in [0.3, 0.4) is 0 Å². The van der Waals surface area contributed by atoms with Crippen LogP contribution >= 0.6 is 23.2 Å². The third-order valence-corrected chi connectivity index (χ3v) is 4.71. The van der Waals surface area contributed by atoms with Gasteiger partial charge in [0.05, 0.1) is 23.2 Å². The normalized spacial score (nSPS) is 17.6. The third-order valence-electron chi connectivity index (χ3n) is 3.97. The number of ether oxygens (including phenoxy) is 1. The van der Waals surface area contributed by atoms with Crippen molar-refractivity contribution in [1.29, 1.82) is 0 Å². The molecule has 1 unspecified atom stereocenters. The number of hydrogen-bond donors (Lipinski definition) is 1. The summed E-state index contributed by atoms with van der Waals surface area (Å²) >= 11 is 11.9. The van der Waals surface area contributed by atoms with Gasteiger partial charge in [0.1, 0.15) is 6.10 Å². The summed E-state index contributed by atoms with van der Waals surface area (Å²) in [5.41, 5.74) is 2.89. The number of morpholine rings is 1. The van der Waals surface area contributed by atoms with Crippen molar-refractivity contribution < 1.29 is 9.53 Å². The fraction of sp³-hybridized carbons (Fsp3) is 0.278. The molecule has 0 spiro atoms. The Labute approximate surface area is 151 Å². The highest BCUT2D eigenvalue weighted by Gasteiger charge is 2.25. The summed E-state index contributed by atoms with van der Waals surface area (Å²) in [7, 11) is 0. The first-order valence-corrected chi connectivity index (χ1v) is 8.47. The second kappa shape index (κ2) is 7.43. The van der Waals surface area contributed by atoms with E-state index in [-0.39, 0.29) is 12.1 Å². The van der Waals surface area contributed by atoms with Crippen LogP contribution in [0, 0.1) is 6.92 Å². The number of anilines is 1. The van der Waals surface area contributed by atoms with Crippen LogP contribution < -0.4 is 5.32 Å². The Morgan fingerprint density at radius 3 is 2.62 bits per heavy atom. The van der Waals surface area contributed by atoms with Crippen molar-refractivity contribution in [2.24, 2.45) is 0 Å². The summed E-state index contributed by atoms with van der Waals surface area (Å²) in [6.07, 6.45) is -0.112. The molecule has 4 nitrogen and oxygen atoms in total. The van der Waals surface area contributed by atoms with E-state index < -0.39 is 0 Å². The van der Waals surface area contributed by atoms with Crippen LogP contribution in [-0.4, -0.2) is 30.6 Å². The minimum atomic E-state index is -0.172. The monoisotopic (exact) mass is 364 g/mol. The van der Waals surface area contributed by atoms with Crippen molar-refractivity contribution in [2.75, 3.05) is 25.0 Å². The van der Waals surface area contributed by atoms with Gasteiger partial charge in [-0.1, -0.05) is 53.0 Å². The Morgan fingerprint density at radius 2 is 1.92 bits per heavy atom. The lowest BCUT2D eigenvalue weighted by Gasteiger charge is -2.33. The molecule has 1 heterocycles. The van der Waals surface area contributed by atoms with E-state index in [2.05, 4.69) is 5.32 Å². The van der Waals surface area contributed by atoms with E-state index in [0.717, 1.165) is 5.56 Å². The lowest BCUT2D eigenvalue weighted by atomic mass is 10.1. The van der Waals surface area contributed by atoms with Crippen LogP contribution in [-0.2, 0) is 4.74 Å². The van der Waals surface area contributed by atoms with E-state index in [1.165, 1.54) is 5.56 Å². The zero-order valence-corrected chi connectivity index (χ0v) is 14.8. The SMILES string of the molecule is Cc1ccc(C2CN(C(=O)Nc3ccc(Cl)c(Cl)c3)CCO2)cc1. The second-order valence-corrected chi connectivity index (χ2v) is 6.59. The molecule has 1 fully saturated rings. The van der Waals surface area contributed by atoms with E-state index in [4.69, 9.17) is 27.9 Å². The number of carbonyl (C=O) groups is 1. The predicted molar refractivity (Wildman–Crippen MR) is 96.9 cm³/mol. The lowest BCUT2D eigenvalue weighted by Crippen LogP contribution is -2.44. The molecule has 1 atom stereocenters. The highest BCUT2D eigenvalue weighted by atomic mass is 35.5. The fourth-order valence-electron chi connectivity index (χ4n) is 2.59. The summed E-state index contributed by atoms with van der Waals surface area (Å²) in [4.78, 5) is 14.2. The zero-order valence-electron chi connectivity index (χ0n) is 13.3. The largest absolute Gasteiger partial charge is 0.370 e. The number of halogens is 2. The molecule has 0 radical (unpaired) electrons. The fourth-order valence-corrected chi connectivity index (χ4v) is 2.89. The molecule has 6 heteroatoms. The maximum atomic E-state index is 12.5. The molecule has 0 bridgehead atoms. The predicted octanol–water partition coefficient (Wildman–Crippen LogP) is 4.91. The van der Waals surface area contributed by atoms with Crippen molar-refractivity contribution >= 4 is 34.9 Å². The molecule has 2 aromatic rings. The van der Waals surface area contributed by atoms with Gasteiger partial charge in [-0.2, -0.15) is 0 Å². The molecule has 1 aliphatic heterocycles. The topological polar surface area (TPSA) is 41.6 Å². The smallest absolute Gasteiger partial charge is 0.322 e. The van der Waals surface area contributed by atoms with Gasteiger partial charge < -0.3 is 15.0 Å².